The molecule has 0 aromatic heterocycles. The van der Waals surface area contributed by atoms with Crippen molar-refractivity contribution in [2.45, 2.75) is 45.1 Å². The summed E-state index contributed by atoms with van der Waals surface area (Å²) >= 11 is 0. The molecule has 3 heteroatoms. The Hall–Kier alpha value is -1.06. The van der Waals surface area contributed by atoms with Gasteiger partial charge in [0.05, 0.1) is 0 Å². The third-order valence-corrected chi connectivity index (χ3v) is 4.05. The molecule has 0 spiro atoms. The largest absolute Gasteiger partial charge is 0.396 e. The molecule has 0 radical (unpaired) electrons. The van der Waals surface area contributed by atoms with Gasteiger partial charge in [0.15, 0.2) is 0 Å². The molecule has 20 heavy (non-hydrogen) atoms. The molecular formula is C17H28N2O. The number of para-hydroxylation sites is 1. The molecule has 1 unspecified atom stereocenters. The normalized spacial score (nSPS) is 18.7. The second-order valence-electron chi connectivity index (χ2n) is 5.63. The van der Waals surface area contributed by atoms with Crippen molar-refractivity contribution in [3.8, 4) is 0 Å². The van der Waals surface area contributed by atoms with Gasteiger partial charge in [0.1, 0.15) is 0 Å². The van der Waals surface area contributed by atoms with Crippen molar-refractivity contribution in [1.29, 1.82) is 0 Å². The van der Waals surface area contributed by atoms with E-state index in [1.807, 2.05) is 0 Å². The van der Waals surface area contributed by atoms with Crippen molar-refractivity contribution in [1.82, 2.24) is 5.32 Å². The van der Waals surface area contributed by atoms with Gasteiger partial charge in [0.25, 0.3) is 0 Å². The van der Waals surface area contributed by atoms with Gasteiger partial charge < -0.3 is 15.3 Å². The number of aliphatic hydroxyl groups is 1. The summed E-state index contributed by atoms with van der Waals surface area (Å²) in [4.78, 5) is 2.50. The van der Waals surface area contributed by atoms with Crippen LogP contribution in [0.1, 0.15) is 50.6 Å². The third-order valence-electron chi connectivity index (χ3n) is 4.05. The Bertz CT molecular complexity index is 394. The Labute approximate surface area is 123 Å². The van der Waals surface area contributed by atoms with Gasteiger partial charge in [-0.25, -0.2) is 0 Å². The highest BCUT2D eigenvalue weighted by atomic mass is 16.2. The number of fused-ring (bicyclic) bond motifs is 1. The molecule has 0 saturated heterocycles. The summed E-state index contributed by atoms with van der Waals surface area (Å²) in [6, 6.07) is 9.30. The van der Waals surface area contributed by atoms with Gasteiger partial charge in [-0.05, 0) is 50.3 Å². The van der Waals surface area contributed by atoms with Crippen molar-refractivity contribution < 1.29 is 5.11 Å². The molecule has 2 rings (SSSR count). The molecule has 112 valence electrons. The standard InChI is InChI=1S/C17H28N2O/c1-2-11-18-16-9-7-13-19(12-5-6-14-20)17-10-4-3-8-15(16)17/h3-4,8,10,16,18,20H,2,5-7,9,11-14H2,1H3. The zero-order valence-electron chi connectivity index (χ0n) is 12.6. The van der Waals surface area contributed by atoms with Gasteiger partial charge in [0.2, 0.25) is 0 Å². The van der Waals surface area contributed by atoms with E-state index in [9.17, 15) is 0 Å². The average molecular weight is 276 g/mol. The number of aliphatic hydroxyl groups excluding tert-OH is 1. The van der Waals surface area contributed by atoms with Gasteiger partial charge in [-0.3, -0.25) is 0 Å². The summed E-state index contributed by atoms with van der Waals surface area (Å²) in [7, 11) is 0. The lowest BCUT2D eigenvalue weighted by Gasteiger charge is -2.26. The van der Waals surface area contributed by atoms with Crippen LogP contribution < -0.4 is 10.2 Å². The Morgan fingerprint density at radius 1 is 1.30 bits per heavy atom. The molecule has 1 atom stereocenters. The first-order valence-corrected chi connectivity index (χ1v) is 8.05. The molecule has 1 heterocycles. The zero-order chi connectivity index (χ0) is 14.2. The van der Waals surface area contributed by atoms with Crippen molar-refractivity contribution in [3.05, 3.63) is 29.8 Å². The molecule has 1 aromatic carbocycles. The van der Waals surface area contributed by atoms with E-state index in [0.29, 0.717) is 12.6 Å². The first kappa shape index (κ1) is 15.3. The van der Waals surface area contributed by atoms with E-state index in [1.165, 1.54) is 30.5 Å². The number of unbranched alkanes of at least 4 members (excludes halogenated alkanes) is 1. The summed E-state index contributed by atoms with van der Waals surface area (Å²) in [5.74, 6) is 0. The second kappa shape index (κ2) is 8.28. The molecule has 0 amide bonds. The quantitative estimate of drug-likeness (QED) is 0.751. The number of hydrogen-bond acceptors (Lipinski definition) is 3. The molecule has 1 aromatic rings. The zero-order valence-corrected chi connectivity index (χ0v) is 12.6. The fourth-order valence-electron chi connectivity index (χ4n) is 3.01. The summed E-state index contributed by atoms with van der Waals surface area (Å²) in [5.41, 5.74) is 2.83. The molecule has 2 N–H and O–H groups in total. The van der Waals surface area contributed by atoms with Crippen LogP contribution in [0.5, 0.6) is 0 Å². The van der Waals surface area contributed by atoms with E-state index < -0.39 is 0 Å². The maximum Gasteiger partial charge on any atom is 0.0431 e. The lowest BCUT2D eigenvalue weighted by atomic mass is 10.0. The minimum Gasteiger partial charge on any atom is -0.396 e. The predicted molar refractivity (Wildman–Crippen MR) is 85.2 cm³/mol. The lowest BCUT2D eigenvalue weighted by Crippen LogP contribution is -2.26. The second-order valence-corrected chi connectivity index (χ2v) is 5.63. The van der Waals surface area contributed by atoms with E-state index in [4.69, 9.17) is 5.11 Å². The molecule has 0 fully saturated rings. The Kier molecular flexibility index (Phi) is 6.34. The average Bonchev–Trinajstić information content (AvgIpc) is 2.66. The highest BCUT2D eigenvalue weighted by Crippen LogP contribution is 2.32. The summed E-state index contributed by atoms with van der Waals surface area (Å²) in [6.07, 6.45) is 5.59. The van der Waals surface area contributed by atoms with Crippen molar-refractivity contribution in [2.24, 2.45) is 0 Å². The first-order valence-electron chi connectivity index (χ1n) is 8.05. The molecule has 1 aliphatic rings. The smallest absolute Gasteiger partial charge is 0.0431 e. The van der Waals surface area contributed by atoms with Crippen molar-refractivity contribution in [2.75, 3.05) is 31.1 Å². The van der Waals surface area contributed by atoms with Crippen LogP contribution in [0, 0.1) is 0 Å². The van der Waals surface area contributed by atoms with Gasteiger partial charge in [-0.1, -0.05) is 25.1 Å². The number of hydrogen-bond donors (Lipinski definition) is 2. The van der Waals surface area contributed by atoms with Crippen LogP contribution >= 0.6 is 0 Å². The number of benzene rings is 1. The van der Waals surface area contributed by atoms with E-state index in [-0.39, 0.29) is 0 Å². The van der Waals surface area contributed by atoms with Gasteiger partial charge in [-0.15, -0.1) is 0 Å². The van der Waals surface area contributed by atoms with Gasteiger partial charge in [-0.2, -0.15) is 0 Å². The van der Waals surface area contributed by atoms with Crippen LogP contribution in [0.15, 0.2) is 24.3 Å². The molecule has 3 nitrogen and oxygen atoms in total. The van der Waals surface area contributed by atoms with Crippen LogP contribution in [0.3, 0.4) is 0 Å². The maximum atomic E-state index is 8.96. The summed E-state index contributed by atoms with van der Waals surface area (Å²) in [6.45, 7) is 5.79. The van der Waals surface area contributed by atoms with Crippen LogP contribution in [-0.2, 0) is 0 Å². The SMILES string of the molecule is CCCNC1CCCN(CCCCO)c2ccccc21. The van der Waals surface area contributed by atoms with Gasteiger partial charge in [0, 0.05) is 31.4 Å². The summed E-state index contributed by atoms with van der Waals surface area (Å²) in [5, 5.41) is 12.6. The molecule has 0 aliphatic carbocycles. The number of nitrogens with zero attached hydrogens (tertiary/aromatic N) is 1. The topological polar surface area (TPSA) is 35.5 Å². The number of rotatable bonds is 7. The van der Waals surface area contributed by atoms with Crippen LogP contribution in [0.4, 0.5) is 5.69 Å². The summed E-state index contributed by atoms with van der Waals surface area (Å²) < 4.78 is 0. The highest BCUT2D eigenvalue weighted by Gasteiger charge is 2.21. The fraction of sp³-hybridized carbons (Fsp3) is 0.647. The first-order chi connectivity index (χ1) is 9.86. The lowest BCUT2D eigenvalue weighted by molar-refractivity contribution is 0.285. The number of anilines is 1. The Morgan fingerprint density at radius 3 is 2.95 bits per heavy atom. The van der Waals surface area contributed by atoms with E-state index in [0.717, 1.165) is 32.5 Å². The Balaban J connectivity index is 2.12. The number of nitrogens with one attached hydrogen (secondary N) is 1. The monoisotopic (exact) mass is 276 g/mol. The predicted octanol–water partition coefficient (Wildman–Crippen LogP) is 3.10. The molecular weight excluding hydrogens is 248 g/mol. The van der Waals surface area contributed by atoms with E-state index >= 15 is 0 Å². The molecule has 1 aliphatic heterocycles. The fourth-order valence-corrected chi connectivity index (χ4v) is 3.01. The van der Waals surface area contributed by atoms with E-state index in [2.05, 4.69) is 41.4 Å². The minimum absolute atomic E-state index is 0.302. The minimum atomic E-state index is 0.302. The molecule has 0 bridgehead atoms. The molecule has 0 saturated carbocycles. The van der Waals surface area contributed by atoms with Crippen LogP contribution in [0.25, 0.3) is 0 Å². The van der Waals surface area contributed by atoms with Gasteiger partial charge >= 0.3 is 0 Å². The van der Waals surface area contributed by atoms with Crippen molar-refractivity contribution >= 4 is 5.69 Å². The maximum absolute atomic E-state index is 8.96. The third kappa shape index (κ3) is 3.97. The highest BCUT2D eigenvalue weighted by molar-refractivity contribution is 5.55. The van der Waals surface area contributed by atoms with Crippen LogP contribution in [-0.4, -0.2) is 31.3 Å². The Morgan fingerprint density at radius 2 is 2.15 bits per heavy atom. The van der Waals surface area contributed by atoms with E-state index in [1.54, 1.807) is 0 Å². The van der Waals surface area contributed by atoms with Crippen LogP contribution in [0.2, 0.25) is 0 Å². The van der Waals surface area contributed by atoms with Crippen molar-refractivity contribution in [3.63, 3.8) is 0 Å².